The predicted molar refractivity (Wildman–Crippen MR) is 100 cm³/mol. The minimum absolute atomic E-state index is 0.344. The van der Waals surface area contributed by atoms with Crippen LogP contribution in [0.1, 0.15) is 5.56 Å². The van der Waals surface area contributed by atoms with Crippen molar-refractivity contribution in [3.63, 3.8) is 0 Å². The van der Waals surface area contributed by atoms with Crippen LogP contribution in [0.25, 0.3) is 22.3 Å². The SMILES string of the molecule is COc1ccc(-c2c(F)c(F)c(F)c(F)c2-c2ccccc2S(N)(=O)=O)cc1C(F)(F)F. The zero-order valence-electron chi connectivity index (χ0n) is 15.9. The van der Waals surface area contributed by atoms with Crippen LogP contribution in [0.5, 0.6) is 5.75 Å². The fraction of sp³-hybridized carbons (Fsp3) is 0.100. The molecule has 0 atom stereocenters. The molecule has 0 aliphatic carbocycles. The second-order valence-electron chi connectivity index (χ2n) is 6.46. The van der Waals surface area contributed by atoms with Gasteiger partial charge >= 0.3 is 6.18 Å². The van der Waals surface area contributed by atoms with E-state index in [1.807, 2.05) is 0 Å². The van der Waals surface area contributed by atoms with E-state index in [0.29, 0.717) is 6.07 Å². The smallest absolute Gasteiger partial charge is 0.419 e. The number of methoxy groups -OCH3 is 1. The summed E-state index contributed by atoms with van der Waals surface area (Å²) < 4.78 is 127. The summed E-state index contributed by atoms with van der Waals surface area (Å²) >= 11 is 0. The molecule has 0 spiro atoms. The van der Waals surface area contributed by atoms with E-state index in [0.717, 1.165) is 31.4 Å². The van der Waals surface area contributed by atoms with E-state index >= 15 is 0 Å². The van der Waals surface area contributed by atoms with Crippen molar-refractivity contribution in [2.45, 2.75) is 11.1 Å². The molecule has 32 heavy (non-hydrogen) atoms. The number of halogens is 7. The summed E-state index contributed by atoms with van der Waals surface area (Å²) in [7, 11) is -3.64. The van der Waals surface area contributed by atoms with Gasteiger partial charge in [-0.2, -0.15) is 13.2 Å². The minimum Gasteiger partial charge on any atom is -0.496 e. The largest absolute Gasteiger partial charge is 0.496 e. The average molecular weight is 479 g/mol. The number of primary sulfonamides is 1. The average Bonchev–Trinajstić information content (AvgIpc) is 2.73. The molecule has 2 N–H and O–H groups in total. The first-order valence-electron chi connectivity index (χ1n) is 8.52. The van der Waals surface area contributed by atoms with Gasteiger partial charge in [0.15, 0.2) is 23.3 Å². The van der Waals surface area contributed by atoms with Gasteiger partial charge in [-0.3, -0.25) is 0 Å². The van der Waals surface area contributed by atoms with Gasteiger partial charge in [0.1, 0.15) is 5.75 Å². The van der Waals surface area contributed by atoms with E-state index in [2.05, 4.69) is 4.74 Å². The maximum Gasteiger partial charge on any atom is 0.419 e. The van der Waals surface area contributed by atoms with Crippen molar-refractivity contribution in [2.24, 2.45) is 5.14 Å². The normalized spacial score (nSPS) is 12.2. The molecule has 4 nitrogen and oxygen atoms in total. The Hall–Kier alpha value is -3.12. The zero-order valence-corrected chi connectivity index (χ0v) is 16.7. The second-order valence-corrected chi connectivity index (χ2v) is 7.99. The fourth-order valence-corrected chi connectivity index (χ4v) is 3.91. The molecule has 3 aromatic rings. The van der Waals surface area contributed by atoms with Gasteiger partial charge in [-0.15, -0.1) is 0 Å². The van der Waals surface area contributed by atoms with Crippen molar-refractivity contribution < 1.29 is 43.9 Å². The third-order valence-electron chi connectivity index (χ3n) is 4.52. The Kier molecular flexibility index (Phi) is 5.96. The monoisotopic (exact) mass is 479 g/mol. The quantitative estimate of drug-likeness (QED) is 0.316. The summed E-state index contributed by atoms with van der Waals surface area (Å²) in [4.78, 5) is -0.782. The van der Waals surface area contributed by atoms with Crippen LogP contribution < -0.4 is 9.88 Å². The molecule has 0 radical (unpaired) electrons. The van der Waals surface area contributed by atoms with Gasteiger partial charge in [0.25, 0.3) is 0 Å². The van der Waals surface area contributed by atoms with Gasteiger partial charge in [-0.1, -0.05) is 24.3 Å². The molecular weight excluding hydrogens is 467 g/mol. The summed E-state index contributed by atoms with van der Waals surface area (Å²) in [5.74, 6) is -9.29. The van der Waals surface area contributed by atoms with Crippen molar-refractivity contribution >= 4 is 10.0 Å². The molecule has 170 valence electrons. The van der Waals surface area contributed by atoms with Crippen molar-refractivity contribution in [2.75, 3.05) is 7.11 Å². The van der Waals surface area contributed by atoms with Gasteiger partial charge in [-0.25, -0.2) is 31.1 Å². The highest BCUT2D eigenvalue weighted by Gasteiger charge is 2.36. The van der Waals surface area contributed by atoms with Gasteiger partial charge in [0.2, 0.25) is 10.0 Å². The highest BCUT2D eigenvalue weighted by atomic mass is 32.2. The van der Waals surface area contributed by atoms with Crippen LogP contribution >= 0.6 is 0 Å². The molecule has 0 aromatic heterocycles. The molecule has 0 saturated carbocycles. The van der Waals surface area contributed by atoms with Crippen LogP contribution in [-0.2, 0) is 16.2 Å². The maximum absolute atomic E-state index is 14.9. The van der Waals surface area contributed by atoms with E-state index in [1.165, 1.54) is 12.1 Å². The van der Waals surface area contributed by atoms with Crippen LogP contribution in [0, 0.1) is 23.3 Å². The Morgan fingerprint density at radius 2 is 1.41 bits per heavy atom. The number of rotatable bonds is 4. The molecule has 0 fully saturated rings. The van der Waals surface area contributed by atoms with Crippen LogP contribution in [0.4, 0.5) is 30.7 Å². The van der Waals surface area contributed by atoms with E-state index in [-0.39, 0.29) is 0 Å². The second kappa shape index (κ2) is 8.10. The van der Waals surface area contributed by atoms with Crippen molar-refractivity contribution in [3.05, 3.63) is 71.3 Å². The van der Waals surface area contributed by atoms with E-state index in [4.69, 9.17) is 5.14 Å². The Balaban J connectivity index is 2.51. The van der Waals surface area contributed by atoms with Crippen LogP contribution in [0.3, 0.4) is 0 Å². The number of ether oxygens (including phenoxy) is 1. The lowest BCUT2D eigenvalue weighted by Crippen LogP contribution is -2.14. The van der Waals surface area contributed by atoms with Gasteiger partial charge < -0.3 is 4.74 Å². The summed E-state index contributed by atoms with van der Waals surface area (Å²) in [6.07, 6.45) is -5.01. The molecular formula is C20H12F7NO3S. The Morgan fingerprint density at radius 1 is 0.844 bits per heavy atom. The molecule has 12 heteroatoms. The zero-order chi connectivity index (χ0) is 24.0. The lowest BCUT2D eigenvalue weighted by molar-refractivity contribution is -0.138. The Labute approximate surface area is 177 Å². The summed E-state index contributed by atoms with van der Waals surface area (Å²) in [6, 6.07) is 6.12. The number of alkyl halides is 3. The molecule has 3 rings (SSSR count). The Bertz CT molecular complexity index is 1320. The predicted octanol–water partition coefficient (Wildman–Crippen LogP) is 5.25. The molecule has 0 unspecified atom stereocenters. The van der Waals surface area contributed by atoms with E-state index < -0.39 is 77.9 Å². The van der Waals surface area contributed by atoms with Gasteiger partial charge in [0.05, 0.1) is 17.6 Å². The summed E-state index contributed by atoms with van der Waals surface area (Å²) in [6.45, 7) is 0. The molecule has 0 aliphatic rings. The summed E-state index contributed by atoms with van der Waals surface area (Å²) in [5.41, 5.74) is -5.06. The first-order valence-corrected chi connectivity index (χ1v) is 10.1. The lowest BCUT2D eigenvalue weighted by atomic mass is 9.91. The van der Waals surface area contributed by atoms with E-state index in [1.54, 1.807) is 0 Å². The highest BCUT2D eigenvalue weighted by Crippen LogP contribution is 2.44. The fourth-order valence-electron chi connectivity index (χ4n) is 3.16. The number of benzene rings is 3. The van der Waals surface area contributed by atoms with Gasteiger partial charge in [-0.05, 0) is 23.8 Å². The van der Waals surface area contributed by atoms with Crippen molar-refractivity contribution in [1.29, 1.82) is 0 Å². The standard InChI is InChI=1S/C20H12F7NO3S/c1-31-12-7-6-9(8-11(12)20(25,26)27)14-15(17(22)19(24)18(23)16(14)21)10-4-2-3-5-13(10)32(28,29)30/h2-8H,1H3,(H2,28,29,30). The van der Waals surface area contributed by atoms with Crippen LogP contribution in [0.2, 0.25) is 0 Å². The number of sulfonamides is 1. The number of nitrogens with two attached hydrogens (primary N) is 1. The van der Waals surface area contributed by atoms with Crippen molar-refractivity contribution in [1.82, 2.24) is 0 Å². The third-order valence-corrected chi connectivity index (χ3v) is 5.49. The molecule has 0 bridgehead atoms. The van der Waals surface area contributed by atoms with Crippen molar-refractivity contribution in [3.8, 4) is 28.0 Å². The van der Waals surface area contributed by atoms with Crippen LogP contribution in [-0.4, -0.2) is 15.5 Å². The third kappa shape index (κ3) is 4.02. The number of hydrogen-bond acceptors (Lipinski definition) is 3. The highest BCUT2D eigenvalue weighted by molar-refractivity contribution is 7.89. The lowest BCUT2D eigenvalue weighted by Gasteiger charge is -2.18. The first-order chi connectivity index (χ1) is 14.8. The first kappa shape index (κ1) is 23.5. The summed E-state index contributed by atoms with van der Waals surface area (Å²) in [5, 5.41) is 5.08. The topological polar surface area (TPSA) is 69.4 Å². The molecule has 0 aliphatic heterocycles. The Morgan fingerprint density at radius 3 is 1.94 bits per heavy atom. The molecule has 0 saturated heterocycles. The van der Waals surface area contributed by atoms with E-state index in [9.17, 15) is 39.2 Å². The molecule has 0 amide bonds. The van der Waals surface area contributed by atoms with Crippen LogP contribution in [0.15, 0.2) is 47.4 Å². The molecule has 0 heterocycles. The number of hydrogen-bond donors (Lipinski definition) is 1. The minimum atomic E-state index is -5.01. The van der Waals surface area contributed by atoms with Gasteiger partial charge in [0, 0.05) is 16.7 Å². The molecule has 3 aromatic carbocycles. The maximum atomic E-state index is 14.9.